The number of aromatic nitrogens is 2. The van der Waals surface area contributed by atoms with E-state index >= 15 is 0 Å². The molecule has 4 aromatic rings. The predicted octanol–water partition coefficient (Wildman–Crippen LogP) is 5.92. The van der Waals surface area contributed by atoms with Crippen LogP contribution in [0.1, 0.15) is 5.56 Å². The van der Waals surface area contributed by atoms with Gasteiger partial charge < -0.3 is 9.47 Å². The Kier molecular flexibility index (Phi) is 7.66. The molecular formula is C25H19ClN4O6S. The Balaban J connectivity index is 1.79. The zero-order valence-electron chi connectivity index (χ0n) is 19.2. The molecule has 0 fully saturated rings. The van der Waals surface area contributed by atoms with Crippen LogP contribution in [0, 0.1) is 10.1 Å². The molecule has 0 spiro atoms. The first-order valence-corrected chi connectivity index (χ1v) is 12.6. The van der Waals surface area contributed by atoms with E-state index in [1.807, 2.05) is 6.07 Å². The maximum Gasteiger partial charge on any atom is 0.270 e. The number of benzene rings is 3. The number of hydrogen-bond donors (Lipinski definition) is 1. The maximum atomic E-state index is 12.9. The van der Waals surface area contributed by atoms with Crippen LogP contribution in [0.4, 0.5) is 11.5 Å². The number of nitrogens with one attached hydrogen (secondary N) is 1. The second kappa shape index (κ2) is 11.1. The van der Waals surface area contributed by atoms with Gasteiger partial charge in [0.2, 0.25) is 5.75 Å². The number of hydrogen-bond acceptors (Lipinski definition) is 8. The largest absolute Gasteiger partial charge is 0.493 e. The van der Waals surface area contributed by atoms with E-state index in [9.17, 15) is 18.5 Å². The van der Waals surface area contributed by atoms with Crippen LogP contribution in [0.25, 0.3) is 17.5 Å². The fourth-order valence-electron chi connectivity index (χ4n) is 3.18. The number of halogens is 1. The van der Waals surface area contributed by atoms with Gasteiger partial charge in [-0.1, -0.05) is 66.2 Å². The third-order valence-corrected chi connectivity index (χ3v) is 6.13. The molecule has 3 aromatic carbocycles. The summed E-state index contributed by atoms with van der Waals surface area (Å²) >= 11 is 6.43. The molecule has 12 heteroatoms. The van der Waals surface area contributed by atoms with E-state index in [4.69, 9.17) is 21.1 Å². The van der Waals surface area contributed by atoms with E-state index in [1.54, 1.807) is 48.5 Å². The molecule has 0 bridgehead atoms. The lowest BCUT2D eigenvalue weighted by molar-refractivity contribution is -0.384. The van der Waals surface area contributed by atoms with Gasteiger partial charge in [-0.25, -0.2) is 18.4 Å². The molecule has 1 aromatic heterocycles. The van der Waals surface area contributed by atoms with Crippen molar-refractivity contribution in [3.8, 4) is 28.6 Å². The molecule has 188 valence electrons. The maximum absolute atomic E-state index is 12.9. The predicted molar refractivity (Wildman–Crippen MR) is 140 cm³/mol. The molecule has 10 nitrogen and oxygen atoms in total. The summed E-state index contributed by atoms with van der Waals surface area (Å²) in [4.78, 5) is 19.1. The van der Waals surface area contributed by atoms with Crippen LogP contribution in [-0.2, 0) is 10.0 Å². The summed E-state index contributed by atoms with van der Waals surface area (Å²) < 4.78 is 39.4. The number of sulfonamides is 1. The number of rotatable bonds is 9. The molecule has 1 N–H and O–H groups in total. The zero-order valence-corrected chi connectivity index (χ0v) is 20.8. The van der Waals surface area contributed by atoms with Crippen LogP contribution in [-0.4, -0.2) is 30.4 Å². The number of nitrogens with zero attached hydrogens (tertiary/aromatic N) is 3. The van der Waals surface area contributed by atoms with Gasteiger partial charge in [0.05, 0.1) is 17.4 Å². The van der Waals surface area contributed by atoms with Gasteiger partial charge in [0.15, 0.2) is 28.3 Å². The topological polar surface area (TPSA) is 134 Å². The van der Waals surface area contributed by atoms with Crippen LogP contribution in [0.15, 0.2) is 84.3 Å². The van der Waals surface area contributed by atoms with Crippen molar-refractivity contribution in [1.29, 1.82) is 0 Å². The van der Waals surface area contributed by atoms with E-state index in [2.05, 4.69) is 14.7 Å². The minimum Gasteiger partial charge on any atom is -0.493 e. The summed E-state index contributed by atoms with van der Waals surface area (Å²) in [5, 5.41) is 12.0. The Hall–Kier alpha value is -4.48. The molecule has 0 aliphatic carbocycles. The average Bonchev–Trinajstić information content (AvgIpc) is 2.90. The highest BCUT2D eigenvalue weighted by molar-refractivity contribution is 7.95. The number of methoxy groups -OCH3 is 1. The molecule has 1 heterocycles. The first-order chi connectivity index (χ1) is 17.8. The summed E-state index contributed by atoms with van der Waals surface area (Å²) in [5.41, 5.74) is 0.719. The third kappa shape index (κ3) is 6.40. The number of nitro groups is 1. The average molecular weight is 539 g/mol. The van der Waals surface area contributed by atoms with E-state index in [0.29, 0.717) is 11.3 Å². The molecule has 0 saturated carbocycles. The van der Waals surface area contributed by atoms with Crippen molar-refractivity contribution < 1.29 is 22.8 Å². The molecule has 0 atom stereocenters. The van der Waals surface area contributed by atoms with Crippen LogP contribution in [0.2, 0.25) is 5.15 Å². The zero-order chi connectivity index (χ0) is 26.4. The van der Waals surface area contributed by atoms with E-state index in [0.717, 1.165) is 5.41 Å². The molecule has 0 aliphatic heterocycles. The monoisotopic (exact) mass is 538 g/mol. The van der Waals surface area contributed by atoms with Gasteiger partial charge in [-0.2, -0.15) is 0 Å². The minimum absolute atomic E-state index is 0.0502. The van der Waals surface area contributed by atoms with Crippen LogP contribution in [0.5, 0.6) is 17.2 Å². The van der Waals surface area contributed by atoms with Gasteiger partial charge in [0.25, 0.3) is 15.7 Å². The molecule has 0 amide bonds. The molecule has 4 rings (SSSR count). The van der Waals surface area contributed by atoms with Gasteiger partial charge in [-0.3, -0.25) is 14.8 Å². The second-order valence-electron chi connectivity index (χ2n) is 7.44. The van der Waals surface area contributed by atoms with Gasteiger partial charge in [-0.05, 0) is 23.8 Å². The lowest BCUT2D eigenvalue weighted by Crippen LogP contribution is -2.12. The highest BCUT2D eigenvalue weighted by Crippen LogP contribution is 2.40. The summed E-state index contributed by atoms with van der Waals surface area (Å²) in [6.45, 7) is 0. The summed E-state index contributed by atoms with van der Waals surface area (Å²) in [5.74, 6) is 0.0888. The molecule has 0 radical (unpaired) electrons. The van der Waals surface area contributed by atoms with Crippen molar-refractivity contribution >= 4 is 39.2 Å². The minimum atomic E-state index is -4.10. The van der Waals surface area contributed by atoms with E-state index in [-0.39, 0.29) is 39.5 Å². The molecule has 0 unspecified atom stereocenters. The summed E-state index contributed by atoms with van der Waals surface area (Å²) in [6.07, 6.45) is 1.41. The number of ether oxygens (including phenoxy) is 2. The first kappa shape index (κ1) is 25.6. The Bertz CT molecular complexity index is 1580. The van der Waals surface area contributed by atoms with Gasteiger partial charge in [-0.15, -0.1) is 0 Å². The van der Waals surface area contributed by atoms with Crippen LogP contribution < -0.4 is 14.2 Å². The Morgan fingerprint density at radius 3 is 2.38 bits per heavy atom. The lowest BCUT2D eigenvalue weighted by Gasteiger charge is -2.15. The number of non-ortho nitro benzene ring substituents is 1. The number of anilines is 1. The lowest BCUT2D eigenvalue weighted by atomic mass is 10.2. The van der Waals surface area contributed by atoms with Crippen molar-refractivity contribution in [1.82, 2.24) is 9.97 Å². The van der Waals surface area contributed by atoms with Gasteiger partial charge in [0, 0.05) is 17.7 Å². The smallest absolute Gasteiger partial charge is 0.270 e. The molecular weight excluding hydrogens is 520 g/mol. The fraction of sp³-hybridized carbons (Fsp3) is 0.0400. The van der Waals surface area contributed by atoms with Crippen molar-refractivity contribution in [2.45, 2.75) is 0 Å². The summed E-state index contributed by atoms with van der Waals surface area (Å²) in [7, 11) is -2.65. The standard InChI is InChI=1S/C25H19ClN4O6S/c1-35-20-12-5-6-13-21(20)36-22-23(26)27-24(18-10-7-11-19(16-18)30(31)32)28-25(22)29-37(33,34)15-14-17-8-3-2-4-9-17/h2-16H,1H3,(H,27,28,29). The number of para-hydroxylation sites is 2. The van der Waals surface area contributed by atoms with Gasteiger partial charge in [0.1, 0.15) is 0 Å². The van der Waals surface area contributed by atoms with Crippen molar-refractivity contribution in [2.24, 2.45) is 0 Å². The van der Waals surface area contributed by atoms with Crippen LogP contribution in [0.3, 0.4) is 0 Å². The van der Waals surface area contributed by atoms with Crippen molar-refractivity contribution in [2.75, 3.05) is 11.8 Å². The Morgan fingerprint density at radius 1 is 0.973 bits per heavy atom. The Labute approximate surface area is 217 Å². The van der Waals surface area contributed by atoms with Gasteiger partial charge >= 0.3 is 0 Å². The SMILES string of the molecule is COc1ccccc1Oc1c(Cl)nc(-c2cccc([N+](=O)[O-])c2)nc1NS(=O)(=O)C=Cc1ccccc1. The first-order valence-electron chi connectivity index (χ1n) is 10.6. The Morgan fingerprint density at radius 2 is 1.68 bits per heavy atom. The summed E-state index contributed by atoms with van der Waals surface area (Å²) in [6, 6.07) is 21.0. The highest BCUT2D eigenvalue weighted by atomic mass is 35.5. The van der Waals surface area contributed by atoms with Crippen LogP contribution >= 0.6 is 11.6 Å². The molecule has 0 saturated heterocycles. The van der Waals surface area contributed by atoms with Crippen molar-refractivity contribution in [3.63, 3.8) is 0 Å². The van der Waals surface area contributed by atoms with Crippen molar-refractivity contribution in [3.05, 3.63) is 105 Å². The van der Waals surface area contributed by atoms with E-state index < -0.39 is 14.9 Å². The molecule has 37 heavy (non-hydrogen) atoms. The second-order valence-corrected chi connectivity index (χ2v) is 9.36. The number of nitro benzene ring substituents is 1. The molecule has 0 aliphatic rings. The van der Waals surface area contributed by atoms with E-state index in [1.165, 1.54) is 37.5 Å². The fourth-order valence-corrected chi connectivity index (χ4v) is 4.20. The third-order valence-electron chi connectivity index (χ3n) is 4.90. The quantitative estimate of drug-likeness (QED) is 0.158. The highest BCUT2D eigenvalue weighted by Gasteiger charge is 2.22. The normalized spacial score (nSPS) is 11.3.